The molecule has 0 radical (unpaired) electrons. The molecule has 0 aromatic heterocycles. The van der Waals surface area contributed by atoms with Crippen molar-refractivity contribution in [1.82, 2.24) is 10.6 Å². The summed E-state index contributed by atoms with van der Waals surface area (Å²) in [4.78, 5) is 22.5. The Kier molecular flexibility index (Phi) is 9.55. The number of carboxylic acids is 1. The minimum absolute atomic E-state index is 0.393. The van der Waals surface area contributed by atoms with Crippen molar-refractivity contribution < 1.29 is 14.7 Å². The summed E-state index contributed by atoms with van der Waals surface area (Å²) >= 11 is 1.56. The molecule has 0 aliphatic heterocycles. The molecule has 0 rings (SSSR count). The van der Waals surface area contributed by atoms with Crippen LogP contribution in [0.3, 0.4) is 0 Å². The van der Waals surface area contributed by atoms with Gasteiger partial charge in [-0.25, -0.2) is 9.59 Å². The van der Waals surface area contributed by atoms with Gasteiger partial charge in [0.2, 0.25) is 0 Å². The van der Waals surface area contributed by atoms with Crippen LogP contribution >= 0.6 is 11.8 Å². The average Bonchev–Trinajstić information content (AvgIpc) is 2.35. The number of hydrogen-bond donors (Lipinski definition) is 3. The zero-order chi connectivity index (χ0) is 14.0. The quantitative estimate of drug-likeness (QED) is 0.601. The van der Waals surface area contributed by atoms with E-state index in [1.165, 1.54) is 0 Å². The molecule has 0 heterocycles. The SMILES string of the molecule is CCC(CC)CNC(=O)N[C@@H](CCSC)C(=O)O. The Morgan fingerprint density at radius 2 is 1.89 bits per heavy atom. The molecule has 3 N–H and O–H groups in total. The fraction of sp³-hybridized carbons (Fsp3) is 0.833. The Bertz CT molecular complexity index is 258. The van der Waals surface area contributed by atoms with Gasteiger partial charge in [0, 0.05) is 6.54 Å². The molecule has 0 saturated carbocycles. The highest BCUT2D eigenvalue weighted by molar-refractivity contribution is 7.98. The predicted molar refractivity (Wildman–Crippen MR) is 75.0 cm³/mol. The molecule has 0 unspecified atom stereocenters. The van der Waals surface area contributed by atoms with E-state index in [9.17, 15) is 9.59 Å². The van der Waals surface area contributed by atoms with E-state index in [4.69, 9.17) is 5.11 Å². The first-order chi connectivity index (χ1) is 8.54. The molecule has 0 aromatic rings. The summed E-state index contributed by atoms with van der Waals surface area (Å²) in [5, 5.41) is 14.2. The van der Waals surface area contributed by atoms with E-state index in [2.05, 4.69) is 24.5 Å². The Balaban J connectivity index is 4.05. The van der Waals surface area contributed by atoms with Crippen molar-refractivity contribution in [2.45, 2.75) is 39.2 Å². The molecule has 6 heteroatoms. The highest BCUT2D eigenvalue weighted by Crippen LogP contribution is 2.05. The highest BCUT2D eigenvalue weighted by Gasteiger charge is 2.19. The fourth-order valence-corrected chi connectivity index (χ4v) is 1.99. The van der Waals surface area contributed by atoms with Crippen molar-refractivity contribution in [3.8, 4) is 0 Å². The summed E-state index contributed by atoms with van der Waals surface area (Å²) in [7, 11) is 0. The molecule has 0 fully saturated rings. The highest BCUT2D eigenvalue weighted by atomic mass is 32.2. The van der Waals surface area contributed by atoms with Gasteiger partial charge in [-0.1, -0.05) is 26.7 Å². The summed E-state index contributed by atoms with van der Waals surface area (Å²) in [6, 6.07) is -1.20. The van der Waals surface area contributed by atoms with Crippen LogP contribution in [0, 0.1) is 5.92 Å². The molecule has 5 nitrogen and oxygen atoms in total. The number of urea groups is 1. The van der Waals surface area contributed by atoms with Crippen LogP contribution in [-0.2, 0) is 4.79 Å². The number of aliphatic carboxylic acids is 1. The number of rotatable bonds is 9. The lowest BCUT2D eigenvalue weighted by Crippen LogP contribution is -2.47. The van der Waals surface area contributed by atoms with Crippen molar-refractivity contribution in [3.63, 3.8) is 0 Å². The number of thioether (sulfide) groups is 1. The first-order valence-electron chi connectivity index (χ1n) is 6.31. The maximum Gasteiger partial charge on any atom is 0.326 e. The van der Waals surface area contributed by atoms with Crippen molar-refractivity contribution >= 4 is 23.8 Å². The van der Waals surface area contributed by atoms with Crippen LogP contribution in [0.25, 0.3) is 0 Å². The van der Waals surface area contributed by atoms with Gasteiger partial charge in [-0.05, 0) is 24.3 Å². The third kappa shape index (κ3) is 7.42. The lowest BCUT2D eigenvalue weighted by Gasteiger charge is -2.17. The van der Waals surface area contributed by atoms with E-state index < -0.39 is 18.0 Å². The molecule has 1 atom stereocenters. The normalized spacial score (nSPS) is 12.2. The van der Waals surface area contributed by atoms with Crippen LogP contribution < -0.4 is 10.6 Å². The average molecular weight is 276 g/mol. The first-order valence-corrected chi connectivity index (χ1v) is 7.70. The largest absolute Gasteiger partial charge is 0.480 e. The van der Waals surface area contributed by atoms with Crippen LogP contribution in [0.4, 0.5) is 4.79 Å². The van der Waals surface area contributed by atoms with E-state index in [1.807, 2.05) is 6.26 Å². The second kappa shape index (κ2) is 10.1. The van der Waals surface area contributed by atoms with Gasteiger partial charge in [0.05, 0.1) is 0 Å². The van der Waals surface area contributed by atoms with Gasteiger partial charge in [-0.3, -0.25) is 0 Å². The van der Waals surface area contributed by atoms with E-state index in [0.29, 0.717) is 24.6 Å². The second-order valence-corrected chi connectivity index (χ2v) is 5.19. The lowest BCUT2D eigenvalue weighted by molar-refractivity contribution is -0.139. The van der Waals surface area contributed by atoms with E-state index in [0.717, 1.165) is 12.8 Å². The summed E-state index contributed by atoms with van der Waals surface area (Å²) in [5.74, 6) is 0.177. The number of hydrogen-bond acceptors (Lipinski definition) is 3. The predicted octanol–water partition coefficient (Wildman–Crippen LogP) is 1.93. The zero-order valence-electron chi connectivity index (χ0n) is 11.4. The summed E-state index contributed by atoms with van der Waals surface area (Å²) in [6.07, 6.45) is 4.36. The molecule has 0 bridgehead atoms. The summed E-state index contributed by atoms with van der Waals surface area (Å²) in [5.41, 5.74) is 0. The van der Waals surface area contributed by atoms with E-state index >= 15 is 0 Å². The third-order valence-corrected chi connectivity index (χ3v) is 3.56. The van der Waals surface area contributed by atoms with Crippen LogP contribution in [0.5, 0.6) is 0 Å². The standard InChI is InChI=1S/C12H24N2O3S/c1-4-9(5-2)8-13-12(17)14-10(11(15)16)6-7-18-3/h9-10H,4-8H2,1-3H3,(H,15,16)(H2,13,14,17)/t10-/m0/s1. The number of amides is 2. The third-order valence-electron chi connectivity index (χ3n) is 2.92. The van der Waals surface area contributed by atoms with E-state index in [1.54, 1.807) is 11.8 Å². The van der Waals surface area contributed by atoms with Crippen molar-refractivity contribution in [3.05, 3.63) is 0 Å². The monoisotopic (exact) mass is 276 g/mol. The number of carboxylic acid groups (broad SMARTS) is 1. The Labute approximate surface area is 113 Å². The van der Waals surface area contributed by atoms with Gasteiger partial charge >= 0.3 is 12.0 Å². The number of nitrogens with one attached hydrogen (secondary N) is 2. The van der Waals surface area contributed by atoms with Crippen molar-refractivity contribution in [1.29, 1.82) is 0 Å². The molecule has 0 spiro atoms. The lowest BCUT2D eigenvalue weighted by atomic mass is 10.0. The molecule has 0 aliphatic rings. The maximum atomic E-state index is 11.6. The van der Waals surface area contributed by atoms with Crippen LogP contribution in [-0.4, -0.2) is 41.7 Å². The molecule has 0 aliphatic carbocycles. The van der Waals surface area contributed by atoms with Gasteiger partial charge in [0.15, 0.2) is 0 Å². The second-order valence-electron chi connectivity index (χ2n) is 4.21. The van der Waals surface area contributed by atoms with E-state index in [-0.39, 0.29) is 0 Å². The molecular weight excluding hydrogens is 252 g/mol. The van der Waals surface area contributed by atoms with Gasteiger partial charge in [0.1, 0.15) is 6.04 Å². The van der Waals surface area contributed by atoms with Crippen LogP contribution in [0.1, 0.15) is 33.1 Å². The zero-order valence-corrected chi connectivity index (χ0v) is 12.2. The number of carbonyl (C=O) groups excluding carboxylic acids is 1. The van der Waals surface area contributed by atoms with Gasteiger partial charge < -0.3 is 15.7 Å². The number of carbonyl (C=O) groups is 2. The molecule has 18 heavy (non-hydrogen) atoms. The fourth-order valence-electron chi connectivity index (χ4n) is 1.52. The summed E-state index contributed by atoms with van der Waals surface area (Å²) in [6.45, 7) is 4.74. The molecular formula is C12H24N2O3S. The molecule has 2 amide bonds. The Morgan fingerprint density at radius 1 is 1.28 bits per heavy atom. The van der Waals surface area contributed by atoms with Gasteiger partial charge in [-0.15, -0.1) is 0 Å². The van der Waals surface area contributed by atoms with Crippen LogP contribution in [0.2, 0.25) is 0 Å². The van der Waals surface area contributed by atoms with Crippen molar-refractivity contribution in [2.24, 2.45) is 5.92 Å². The first kappa shape index (κ1) is 17.1. The maximum absolute atomic E-state index is 11.6. The topological polar surface area (TPSA) is 78.4 Å². The Hall–Kier alpha value is -0.910. The summed E-state index contributed by atoms with van der Waals surface area (Å²) < 4.78 is 0. The molecule has 0 aromatic carbocycles. The minimum atomic E-state index is -0.985. The molecule has 106 valence electrons. The van der Waals surface area contributed by atoms with Crippen LogP contribution in [0.15, 0.2) is 0 Å². The minimum Gasteiger partial charge on any atom is -0.480 e. The Morgan fingerprint density at radius 3 is 2.33 bits per heavy atom. The van der Waals surface area contributed by atoms with Gasteiger partial charge in [0.25, 0.3) is 0 Å². The van der Waals surface area contributed by atoms with Crippen molar-refractivity contribution in [2.75, 3.05) is 18.6 Å². The van der Waals surface area contributed by atoms with Gasteiger partial charge in [-0.2, -0.15) is 11.8 Å². The smallest absolute Gasteiger partial charge is 0.326 e. The molecule has 0 saturated heterocycles.